The lowest BCUT2D eigenvalue weighted by Crippen LogP contribution is -2.41. The Hall–Kier alpha value is -2.15. The number of carbonyl (C=O) groups excluding carboxylic acids is 1. The molecule has 1 fully saturated rings. The average Bonchev–Trinajstić information content (AvgIpc) is 3.04. The molecule has 6 nitrogen and oxygen atoms in total. The lowest BCUT2D eigenvalue weighted by atomic mass is 9.99. The van der Waals surface area contributed by atoms with E-state index < -0.39 is 0 Å². The van der Waals surface area contributed by atoms with E-state index >= 15 is 0 Å². The van der Waals surface area contributed by atoms with Gasteiger partial charge in [0.15, 0.2) is 10.8 Å². The van der Waals surface area contributed by atoms with E-state index in [0.717, 1.165) is 42.5 Å². The summed E-state index contributed by atoms with van der Waals surface area (Å²) in [4.78, 5) is 24.1. The van der Waals surface area contributed by atoms with E-state index in [1.165, 1.54) is 11.8 Å². The number of benzene rings is 1. The van der Waals surface area contributed by atoms with Gasteiger partial charge < -0.3 is 4.90 Å². The minimum Gasteiger partial charge on any atom is -0.342 e. The molecular weight excluding hydrogens is 346 g/mol. The van der Waals surface area contributed by atoms with Gasteiger partial charge in [0.2, 0.25) is 5.91 Å². The number of rotatable bonds is 3. The zero-order valence-electron chi connectivity index (χ0n) is 15.3. The average molecular weight is 369 g/mol. The fourth-order valence-corrected chi connectivity index (χ4v) is 4.35. The van der Waals surface area contributed by atoms with E-state index in [1.807, 2.05) is 43.0 Å². The summed E-state index contributed by atoms with van der Waals surface area (Å²) in [6, 6.07) is 7.92. The topological polar surface area (TPSA) is 63.4 Å². The molecule has 1 amide bonds. The second kappa shape index (κ2) is 6.87. The number of fused-ring (bicyclic) bond motifs is 3. The Morgan fingerprint density at radius 2 is 1.96 bits per heavy atom. The van der Waals surface area contributed by atoms with Crippen molar-refractivity contribution in [3.8, 4) is 0 Å². The summed E-state index contributed by atoms with van der Waals surface area (Å²) in [6.45, 7) is 7.79. The highest BCUT2D eigenvalue weighted by molar-refractivity contribution is 8.00. The fourth-order valence-electron chi connectivity index (χ4n) is 3.40. The summed E-state index contributed by atoms with van der Waals surface area (Å²) in [5.74, 6) is 1.60. The maximum absolute atomic E-state index is 12.8. The fraction of sp³-hybridized carbons (Fsp3) is 0.474. The molecule has 136 valence electrons. The van der Waals surface area contributed by atoms with Crippen molar-refractivity contribution in [3.05, 3.63) is 30.1 Å². The number of carbonyl (C=O) groups is 1. The molecule has 0 unspecified atom stereocenters. The molecule has 0 aliphatic carbocycles. The van der Waals surface area contributed by atoms with Gasteiger partial charge in [-0.05, 0) is 44.7 Å². The second-order valence-electron chi connectivity index (χ2n) is 7.07. The number of piperidine rings is 1. The van der Waals surface area contributed by atoms with Crippen LogP contribution in [0.4, 0.5) is 0 Å². The molecule has 0 radical (unpaired) electrons. The Morgan fingerprint density at radius 1 is 1.23 bits per heavy atom. The summed E-state index contributed by atoms with van der Waals surface area (Å²) < 4.78 is 1.77. The zero-order chi connectivity index (χ0) is 18.3. The van der Waals surface area contributed by atoms with E-state index in [9.17, 15) is 4.79 Å². The standard InChI is InChI=1S/C19H23N5OS/c1-12-8-10-23(11-9-12)18(25)13(2)26-19-21-16-7-5-4-6-15(16)17-20-14(3)22-24(17)19/h4-7,12-13H,8-11H2,1-3H3/t13-/m0/s1. The monoisotopic (exact) mass is 369 g/mol. The first-order chi connectivity index (χ1) is 12.5. The van der Waals surface area contributed by atoms with Gasteiger partial charge in [-0.2, -0.15) is 4.52 Å². The summed E-state index contributed by atoms with van der Waals surface area (Å²) >= 11 is 1.46. The first kappa shape index (κ1) is 17.3. The van der Waals surface area contributed by atoms with Crippen LogP contribution in [0.2, 0.25) is 0 Å². The van der Waals surface area contributed by atoms with Gasteiger partial charge in [-0.1, -0.05) is 30.8 Å². The van der Waals surface area contributed by atoms with Crippen LogP contribution in [0, 0.1) is 12.8 Å². The van der Waals surface area contributed by atoms with Crippen molar-refractivity contribution in [1.29, 1.82) is 0 Å². The van der Waals surface area contributed by atoms with Gasteiger partial charge in [-0.3, -0.25) is 4.79 Å². The van der Waals surface area contributed by atoms with Gasteiger partial charge in [0.05, 0.1) is 10.8 Å². The van der Waals surface area contributed by atoms with Crippen molar-refractivity contribution < 1.29 is 4.79 Å². The van der Waals surface area contributed by atoms with Crippen molar-refractivity contribution in [2.75, 3.05) is 13.1 Å². The minimum atomic E-state index is -0.204. The number of amides is 1. The number of hydrogen-bond donors (Lipinski definition) is 0. The highest BCUT2D eigenvalue weighted by atomic mass is 32.2. The van der Waals surface area contributed by atoms with Crippen molar-refractivity contribution in [1.82, 2.24) is 24.5 Å². The van der Waals surface area contributed by atoms with Crippen LogP contribution in [-0.4, -0.2) is 48.7 Å². The highest BCUT2D eigenvalue weighted by Crippen LogP contribution is 2.28. The van der Waals surface area contributed by atoms with Crippen molar-refractivity contribution in [2.45, 2.75) is 44.0 Å². The molecule has 3 aromatic rings. The first-order valence-electron chi connectivity index (χ1n) is 9.10. The third kappa shape index (κ3) is 3.16. The van der Waals surface area contributed by atoms with Crippen molar-refractivity contribution in [2.24, 2.45) is 5.92 Å². The van der Waals surface area contributed by atoms with E-state index in [-0.39, 0.29) is 11.2 Å². The molecule has 1 aliphatic heterocycles. The first-order valence-corrected chi connectivity index (χ1v) is 9.98. The second-order valence-corrected chi connectivity index (χ2v) is 8.38. The molecule has 1 aromatic carbocycles. The normalized spacial score (nSPS) is 17.1. The molecule has 0 N–H and O–H groups in total. The summed E-state index contributed by atoms with van der Waals surface area (Å²) in [5.41, 5.74) is 1.67. The van der Waals surface area contributed by atoms with E-state index in [4.69, 9.17) is 4.98 Å². The summed E-state index contributed by atoms with van der Waals surface area (Å²) in [7, 11) is 0. The Labute approximate surface area is 157 Å². The van der Waals surface area contributed by atoms with Gasteiger partial charge in [0.1, 0.15) is 5.82 Å². The predicted octanol–water partition coefficient (Wildman–Crippen LogP) is 3.33. The van der Waals surface area contributed by atoms with Gasteiger partial charge >= 0.3 is 0 Å². The molecule has 1 atom stereocenters. The van der Waals surface area contributed by atoms with Crippen LogP contribution in [0.1, 0.15) is 32.5 Å². The molecule has 7 heteroatoms. The molecule has 1 saturated heterocycles. The van der Waals surface area contributed by atoms with Crippen LogP contribution < -0.4 is 0 Å². The highest BCUT2D eigenvalue weighted by Gasteiger charge is 2.26. The predicted molar refractivity (Wildman–Crippen MR) is 103 cm³/mol. The maximum atomic E-state index is 12.8. The number of nitrogens with zero attached hydrogens (tertiary/aromatic N) is 5. The van der Waals surface area contributed by atoms with E-state index in [0.29, 0.717) is 16.9 Å². The largest absolute Gasteiger partial charge is 0.342 e. The third-order valence-electron chi connectivity index (χ3n) is 4.98. The van der Waals surface area contributed by atoms with Crippen molar-refractivity contribution >= 4 is 34.2 Å². The molecule has 2 aromatic heterocycles. The van der Waals surface area contributed by atoms with E-state index in [1.54, 1.807) is 4.52 Å². The summed E-state index contributed by atoms with van der Waals surface area (Å²) in [6.07, 6.45) is 2.17. The number of hydrogen-bond acceptors (Lipinski definition) is 5. The van der Waals surface area contributed by atoms with E-state index in [2.05, 4.69) is 17.0 Å². The number of likely N-dealkylation sites (tertiary alicyclic amines) is 1. The van der Waals surface area contributed by atoms with Crippen LogP contribution in [0.5, 0.6) is 0 Å². The number of thioether (sulfide) groups is 1. The molecule has 26 heavy (non-hydrogen) atoms. The molecule has 3 heterocycles. The lowest BCUT2D eigenvalue weighted by molar-refractivity contribution is -0.131. The maximum Gasteiger partial charge on any atom is 0.235 e. The number of aromatic nitrogens is 4. The Morgan fingerprint density at radius 3 is 2.73 bits per heavy atom. The molecule has 0 bridgehead atoms. The number of para-hydroxylation sites is 1. The van der Waals surface area contributed by atoms with Crippen LogP contribution in [0.25, 0.3) is 16.6 Å². The van der Waals surface area contributed by atoms with Gasteiger partial charge in [0, 0.05) is 18.5 Å². The SMILES string of the molecule is Cc1nc2c3ccccc3nc(S[C@@H](C)C(=O)N3CCC(C)CC3)n2n1. The van der Waals surface area contributed by atoms with Crippen LogP contribution in [0.15, 0.2) is 29.4 Å². The smallest absolute Gasteiger partial charge is 0.235 e. The van der Waals surface area contributed by atoms with Crippen molar-refractivity contribution in [3.63, 3.8) is 0 Å². The van der Waals surface area contributed by atoms with Crippen LogP contribution >= 0.6 is 11.8 Å². The van der Waals surface area contributed by atoms with Crippen LogP contribution in [-0.2, 0) is 4.79 Å². The van der Waals surface area contributed by atoms with Gasteiger partial charge in [-0.25, -0.2) is 9.97 Å². The molecule has 1 aliphatic rings. The Bertz CT molecular complexity index is 961. The molecule has 4 rings (SSSR count). The lowest BCUT2D eigenvalue weighted by Gasteiger charge is -2.31. The quantitative estimate of drug-likeness (QED) is 0.523. The Balaban J connectivity index is 1.64. The minimum absolute atomic E-state index is 0.182. The number of aryl methyl sites for hydroxylation is 1. The van der Waals surface area contributed by atoms with Crippen LogP contribution in [0.3, 0.4) is 0 Å². The molecular formula is C19H23N5OS. The molecule has 0 saturated carbocycles. The third-order valence-corrected chi connectivity index (χ3v) is 6.01. The summed E-state index contributed by atoms with van der Waals surface area (Å²) in [5, 5.41) is 5.98. The van der Waals surface area contributed by atoms with Gasteiger partial charge in [0.25, 0.3) is 0 Å². The Kier molecular flexibility index (Phi) is 4.56. The molecule has 0 spiro atoms. The zero-order valence-corrected chi connectivity index (χ0v) is 16.2. The van der Waals surface area contributed by atoms with Gasteiger partial charge in [-0.15, -0.1) is 5.10 Å².